The fourth-order valence-electron chi connectivity index (χ4n) is 7.99. The molecule has 0 saturated carbocycles. The summed E-state index contributed by atoms with van der Waals surface area (Å²) in [5.74, 6) is 1.91. The lowest BCUT2D eigenvalue weighted by Crippen LogP contribution is -2.01. The number of benzene rings is 9. The van der Waals surface area contributed by atoms with Crippen LogP contribution in [0.1, 0.15) is 0 Å². The van der Waals surface area contributed by atoms with Gasteiger partial charge in [0.05, 0.1) is 0 Å². The molecule has 0 bridgehead atoms. The summed E-state index contributed by atoms with van der Waals surface area (Å²) in [4.78, 5) is 15.5. The molecule has 11 aromatic rings. The molecule has 0 N–H and O–H groups in total. The molecule has 0 radical (unpaired) electrons. The highest BCUT2D eigenvalue weighted by Gasteiger charge is 2.19. The van der Waals surface area contributed by atoms with Gasteiger partial charge in [-0.2, -0.15) is 0 Å². The molecule has 4 heteroatoms. The Labute approximate surface area is 304 Å². The fraction of sp³-hybridized carbons (Fsp3) is 0. The van der Waals surface area contributed by atoms with Crippen LogP contribution in [0.5, 0.6) is 0 Å². The number of nitrogens with zero attached hydrogens (tertiary/aromatic N) is 3. The molecular weight excluding hydrogens is 647 g/mol. The predicted molar refractivity (Wildman–Crippen MR) is 219 cm³/mol. The number of fused-ring (bicyclic) bond motifs is 9. The van der Waals surface area contributed by atoms with Gasteiger partial charge in [-0.3, -0.25) is 0 Å². The Morgan fingerprint density at radius 1 is 0.340 bits per heavy atom. The van der Waals surface area contributed by atoms with Gasteiger partial charge < -0.3 is 4.42 Å². The Balaban J connectivity index is 1.11. The highest BCUT2D eigenvalue weighted by Crippen LogP contribution is 2.41. The Morgan fingerprint density at radius 3 is 1.70 bits per heavy atom. The first-order valence-corrected chi connectivity index (χ1v) is 17.9. The van der Waals surface area contributed by atoms with Crippen LogP contribution in [0.15, 0.2) is 180 Å². The first kappa shape index (κ1) is 29.5. The summed E-state index contributed by atoms with van der Waals surface area (Å²) in [6, 6.07) is 61.5. The van der Waals surface area contributed by atoms with Gasteiger partial charge in [0.2, 0.25) is 0 Å². The lowest BCUT2D eigenvalue weighted by atomic mass is 9.93. The van der Waals surface area contributed by atoms with E-state index in [2.05, 4.69) is 158 Å². The Hall–Kier alpha value is -7.17. The van der Waals surface area contributed by atoms with E-state index in [1.807, 2.05) is 18.2 Å². The maximum Gasteiger partial charge on any atom is 0.165 e. The molecular formula is C49H29N3O. The predicted octanol–water partition coefficient (Wildman–Crippen LogP) is 13.1. The van der Waals surface area contributed by atoms with Gasteiger partial charge in [-0.05, 0) is 67.0 Å². The molecule has 11 rings (SSSR count). The number of hydrogen-bond donors (Lipinski definition) is 0. The summed E-state index contributed by atoms with van der Waals surface area (Å²) >= 11 is 0. The van der Waals surface area contributed by atoms with E-state index < -0.39 is 0 Å². The normalized spacial score (nSPS) is 11.8. The molecule has 0 aliphatic rings. The van der Waals surface area contributed by atoms with Crippen LogP contribution in [0.3, 0.4) is 0 Å². The Morgan fingerprint density at radius 2 is 0.925 bits per heavy atom. The van der Waals surface area contributed by atoms with Crippen molar-refractivity contribution >= 4 is 65.0 Å². The van der Waals surface area contributed by atoms with Crippen molar-refractivity contribution in [1.29, 1.82) is 0 Å². The third kappa shape index (κ3) is 4.73. The number of rotatable bonds is 4. The number of aromatic nitrogens is 3. The smallest absolute Gasteiger partial charge is 0.165 e. The highest BCUT2D eigenvalue weighted by molar-refractivity contribution is 6.20. The second-order valence-corrected chi connectivity index (χ2v) is 13.5. The van der Waals surface area contributed by atoms with Crippen molar-refractivity contribution in [3.8, 4) is 45.3 Å². The summed E-state index contributed by atoms with van der Waals surface area (Å²) in [5.41, 5.74) is 6.88. The van der Waals surface area contributed by atoms with Crippen molar-refractivity contribution < 1.29 is 4.42 Å². The topological polar surface area (TPSA) is 51.8 Å². The van der Waals surface area contributed by atoms with E-state index in [-0.39, 0.29) is 0 Å². The molecule has 0 spiro atoms. The summed E-state index contributed by atoms with van der Waals surface area (Å²) < 4.78 is 6.49. The largest absolute Gasteiger partial charge is 0.455 e. The highest BCUT2D eigenvalue weighted by atomic mass is 16.3. The monoisotopic (exact) mass is 675 g/mol. The zero-order chi connectivity index (χ0) is 34.9. The summed E-state index contributed by atoms with van der Waals surface area (Å²) in [5, 5.41) is 11.5. The van der Waals surface area contributed by atoms with Gasteiger partial charge >= 0.3 is 0 Å². The lowest BCUT2D eigenvalue weighted by Gasteiger charge is -2.14. The first-order chi connectivity index (χ1) is 26.3. The van der Waals surface area contributed by atoms with E-state index in [4.69, 9.17) is 19.4 Å². The van der Waals surface area contributed by atoms with E-state index in [0.717, 1.165) is 71.3 Å². The third-order valence-electron chi connectivity index (χ3n) is 10.5. The van der Waals surface area contributed by atoms with E-state index in [0.29, 0.717) is 17.5 Å². The average Bonchev–Trinajstić information content (AvgIpc) is 3.63. The van der Waals surface area contributed by atoms with Gasteiger partial charge in [0.15, 0.2) is 17.5 Å². The second kappa shape index (κ2) is 11.7. The van der Waals surface area contributed by atoms with E-state index in [9.17, 15) is 0 Å². The van der Waals surface area contributed by atoms with Crippen LogP contribution >= 0.6 is 0 Å². The van der Waals surface area contributed by atoms with Crippen LogP contribution in [0.25, 0.3) is 110 Å². The molecule has 0 unspecified atom stereocenters. The zero-order valence-corrected chi connectivity index (χ0v) is 28.5. The minimum absolute atomic E-state index is 0.626. The quantitative estimate of drug-likeness (QED) is 0.138. The minimum Gasteiger partial charge on any atom is -0.455 e. The Bertz CT molecular complexity index is 3220. The van der Waals surface area contributed by atoms with E-state index in [1.165, 1.54) is 21.5 Å². The molecule has 0 amide bonds. The fourth-order valence-corrected chi connectivity index (χ4v) is 7.99. The molecule has 0 atom stereocenters. The second-order valence-electron chi connectivity index (χ2n) is 13.5. The molecule has 0 fully saturated rings. The van der Waals surface area contributed by atoms with E-state index >= 15 is 0 Å². The van der Waals surface area contributed by atoms with Crippen molar-refractivity contribution in [2.45, 2.75) is 0 Å². The van der Waals surface area contributed by atoms with Crippen LogP contribution in [0, 0.1) is 0 Å². The maximum absolute atomic E-state index is 6.49. The van der Waals surface area contributed by atoms with Crippen LogP contribution in [0.4, 0.5) is 0 Å². The number of hydrogen-bond acceptors (Lipinski definition) is 4. The van der Waals surface area contributed by atoms with Gasteiger partial charge in [0, 0.05) is 32.8 Å². The van der Waals surface area contributed by atoms with Crippen molar-refractivity contribution in [3.63, 3.8) is 0 Å². The summed E-state index contributed by atoms with van der Waals surface area (Å²) in [6.45, 7) is 0. The maximum atomic E-state index is 6.49. The standard InChI is InChI=1S/C49H29N3O/c1-2-13-33(14-3-1)47-50-48(52-49(51-47)45-38-17-8-6-15-35(38)29-42-36-16-7-4-11-30(36)25-27-40(42)45)34-23-21-32(22-24-34)37-19-10-20-43-44(37)41-28-26-31-12-5-9-18-39(31)46(41)53-43/h1-29H. The van der Waals surface area contributed by atoms with Crippen molar-refractivity contribution in [2.75, 3.05) is 0 Å². The molecule has 0 aliphatic heterocycles. The van der Waals surface area contributed by atoms with Crippen LogP contribution in [0.2, 0.25) is 0 Å². The van der Waals surface area contributed by atoms with Gasteiger partial charge in [-0.1, -0.05) is 158 Å². The van der Waals surface area contributed by atoms with Crippen molar-refractivity contribution in [2.24, 2.45) is 0 Å². The zero-order valence-electron chi connectivity index (χ0n) is 28.5. The minimum atomic E-state index is 0.626. The van der Waals surface area contributed by atoms with Crippen molar-refractivity contribution in [3.05, 3.63) is 176 Å². The average molecular weight is 676 g/mol. The Kier molecular flexibility index (Phi) is 6.52. The molecule has 0 saturated heterocycles. The number of furan rings is 1. The molecule has 9 aromatic carbocycles. The molecule has 2 heterocycles. The third-order valence-corrected chi connectivity index (χ3v) is 10.5. The first-order valence-electron chi connectivity index (χ1n) is 17.9. The van der Waals surface area contributed by atoms with Crippen LogP contribution in [-0.4, -0.2) is 15.0 Å². The van der Waals surface area contributed by atoms with Gasteiger partial charge in [-0.25, -0.2) is 15.0 Å². The molecule has 246 valence electrons. The van der Waals surface area contributed by atoms with Crippen LogP contribution < -0.4 is 0 Å². The van der Waals surface area contributed by atoms with Gasteiger partial charge in [0.1, 0.15) is 11.2 Å². The molecule has 0 aliphatic carbocycles. The van der Waals surface area contributed by atoms with Crippen LogP contribution in [-0.2, 0) is 0 Å². The summed E-state index contributed by atoms with van der Waals surface area (Å²) in [7, 11) is 0. The van der Waals surface area contributed by atoms with E-state index in [1.54, 1.807) is 0 Å². The van der Waals surface area contributed by atoms with Gasteiger partial charge in [0.25, 0.3) is 0 Å². The summed E-state index contributed by atoms with van der Waals surface area (Å²) in [6.07, 6.45) is 0. The molecule has 4 nitrogen and oxygen atoms in total. The molecule has 2 aromatic heterocycles. The lowest BCUT2D eigenvalue weighted by molar-refractivity contribution is 0.673. The van der Waals surface area contributed by atoms with Crippen molar-refractivity contribution in [1.82, 2.24) is 15.0 Å². The SMILES string of the molecule is c1ccc(-c2nc(-c3ccc(-c4cccc5oc6c7ccccc7ccc6c45)cc3)nc(-c3c4ccccc4cc4c3ccc3ccccc34)n2)cc1. The van der Waals surface area contributed by atoms with Gasteiger partial charge in [-0.15, -0.1) is 0 Å². The molecule has 53 heavy (non-hydrogen) atoms.